The van der Waals surface area contributed by atoms with Gasteiger partial charge in [0.25, 0.3) is 0 Å². The van der Waals surface area contributed by atoms with Gasteiger partial charge in [0.2, 0.25) is 0 Å². The fourth-order valence-corrected chi connectivity index (χ4v) is 1.69. The molecule has 2 nitrogen and oxygen atoms in total. The first-order valence-electron chi connectivity index (χ1n) is 4.95. The summed E-state index contributed by atoms with van der Waals surface area (Å²) in [5, 5.41) is 17.8. The van der Waals surface area contributed by atoms with Gasteiger partial charge in [0, 0.05) is 11.6 Å². The molecule has 1 aliphatic carbocycles. The van der Waals surface area contributed by atoms with Crippen LogP contribution in [0, 0.1) is 11.3 Å². The summed E-state index contributed by atoms with van der Waals surface area (Å²) in [6.07, 6.45) is 6.64. The minimum absolute atomic E-state index is 0.225. The summed E-state index contributed by atoms with van der Waals surface area (Å²) in [7, 11) is 0. The highest BCUT2D eigenvalue weighted by Crippen LogP contribution is 2.25. The summed E-state index contributed by atoms with van der Waals surface area (Å²) in [4.78, 5) is 0. The Labute approximate surface area is 89.1 Å². The molecule has 0 amide bonds. The molecule has 1 aliphatic rings. The molecule has 76 valence electrons. The third-order valence-corrected chi connectivity index (χ3v) is 2.55. The second kappa shape index (κ2) is 4.24. The Morgan fingerprint density at radius 1 is 1.13 bits per heavy atom. The van der Waals surface area contributed by atoms with E-state index in [1.807, 2.05) is 48.6 Å². The van der Waals surface area contributed by atoms with Gasteiger partial charge in [-0.05, 0) is 11.6 Å². The molecule has 0 heterocycles. The van der Waals surface area contributed by atoms with E-state index >= 15 is 0 Å². The van der Waals surface area contributed by atoms with Crippen LogP contribution in [-0.4, -0.2) is 10.8 Å². The molecular weight excluding hydrogens is 186 g/mol. The molecule has 2 rings (SSSR count). The van der Waals surface area contributed by atoms with Gasteiger partial charge < -0.3 is 10.5 Å². The second-order valence-corrected chi connectivity index (χ2v) is 3.58. The molecule has 0 saturated carbocycles. The molecule has 0 spiro atoms. The number of hydrogen-bond donors (Lipinski definition) is 2. The van der Waals surface area contributed by atoms with Gasteiger partial charge in [-0.1, -0.05) is 48.6 Å². The van der Waals surface area contributed by atoms with Crippen LogP contribution in [0.15, 0.2) is 54.6 Å². The average molecular weight is 199 g/mol. The number of rotatable bonds is 2. The second-order valence-electron chi connectivity index (χ2n) is 3.58. The largest absolute Gasteiger partial charge is 0.387 e. The van der Waals surface area contributed by atoms with Crippen molar-refractivity contribution in [2.75, 3.05) is 0 Å². The molecule has 0 aromatic heterocycles. The van der Waals surface area contributed by atoms with Crippen LogP contribution in [-0.2, 0) is 0 Å². The highest BCUT2D eigenvalue weighted by molar-refractivity contribution is 5.97. The number of benzene rings is 1. The zero-order chi connectivity index (χ0) is 10.7. The number of hydrogen-bond acceptors (Lipinski definition) is 2. The molecule has 0 saturated heterocycles. The molecule has 1 aromatic rings. The fraction of sp³-hybridized carbons (Fsp3) is 0.154. The van der Waals surface area contributed by atoms with Crippen LogP contribution in [0.5, 0.6) is 0 Å². The lowest BCUT2D eigenvalue weighted by atomic mass is 9.89. The van der Waals surface area contributed by atoms with E-state index in [1.165, 1.54) is 0 Å². The number of allylic oxidation sites excluding steroid dienone is 3. The van der Waals surface area contributed by atoms with E-state index in [0.29, 0.717) is 5.71 Å². The molecule has 1 aromatic carbocycles. The van der Waals surface area contributed by atoms with E-state index in [2.05, 4.69) is 0 Å². The highest BCUT2D eigenvalue weighted by Gasteiger charge is 2.22. The van der Waals surface area contributed by atoms with Gasteiger partial charge in [0.15, 0.2) is 0 Å². The maximum Gasteiger partial charge on any atom is 0.0908 e. The van der Waals surface area contributed by atoms with Crippen LogP contribution in [0.25, 0.3) is 0 Å². The van der Waals surface area contributed by atoms with Crippen molar-refractivity contribution in [1.82, 2.24) is 0 Å². The van der Waals surface area contributed by atoms with Crippen molar-refractivity contribution in [3.8, 4) is 0 Å². The van der Waals surface area contributed by atoms with Crippen molar-refractivity contribution in [2.45, 2.75) is 6.10 Å². The van der Waals surface area contributed by atoms with Gasteiger partial charge in [-0.3, -0.25) is 0 Å². The van der Waals surface area contributed by atoms with Gasteiger partial charge in [-0.25, -0.2) is 0 Å². The molecule has 0 radical (unpaired) electrons. The first-order chi connectivity index (χ1) is 7.29. The van der Waals surface area contributed by atoms with Crippen molar-refractivity contribution in [3.63, 3.8) is 0 Å². The zero-order valence-corrected chi connectivity index (χ0v) is 8.30. The van der Waals surface area contributed by atoms with Crippen LogP contribution in [0.1, 0.15) is 11.7 Å². The quantitative estimate of drug-likeness (QED) is 0.755. The molecule has 2 atom stereocenters. The molecule has 2 N–H and O–H groups in total. The van der Waals surface area contributed by atoms with E-state index < -0.39 is 6.10 Å². The number of aliphatic hydroxyl groups is 1. The van der Waals surface area contributed by atoms with Gasteiger partial charge in [0.05, 0.1) is 6.10 Å². The van der Waals surface area contributed by atoms with E-state index in [-0.39, 0.29) is 5.92 Å². The van der Waals surface area contributed by atoms with E-state index in [1.54, 1.807) is 6.08 Å². The van der Waals surface area contributed by atoms with Gasteiger partial charge >= 0.3 is 0 Å². The minimum atomic E-state index is -0.625. The Morgan fingerprint density at radius 2 is 1.87 bits per heavy atom. The Bertz CT molecular complexity index is 406. The number of nitrogens with one attached hydrogen (secondary N) is 1. The lowest BCUT2D eigenvalue weighted by Gasteiger charge is -2.21. The van der Waals surface area contributed by atoms with Crippen molar-refractivity contribution >= 4 is 5.71 Å². The lowest BCUT2D eigenvalue weighted by molar-refractivity contribution is 0.158. The van der Waals surface area contributed by atoms with E-state index in [0.717, 1.165) is 5.56 Å². The van der Waals surface area contributed by atoms with Crippen LogP contribution in [0.4, 0.5) is 0 Å². The smallest absolute Gasteiger partial charge is 0.0908 e. The van der Waals surface area contributed by atoms with Crippen LogP contribution < -0.4 is 0 Å². The lowest BCUT2D eigenvalue weighted by Crippen LogP contribution is -2.19. The predicted octanol–water partition coefficient (Wildman–Crippen LogP) is 2.48. The Morgan fingerprint density at radius 3 is 2.53 bits per heavy atom. The van der Waals surface area contributed by atoms with Crippen molar-refractivity contribution in [3.05, 3.63) is 60.2 Å². The van der Waals surface area contributed by atoms with Crippen LogP contribution >= 0.6 is 0 Å². The van der Waals surface area contributed by atoms with Crippen molar-refractivity contribution in [1.29, 1.82) is 5.41 Å². The highest BCUT2D eigenvalue weighted by atomic mass is 16.3. The predicted molar refractivity (Wildman–Crippen MR) is 60.9 cm³/mol. The molecular formula is C13H13NO. The topological polar surface area (TPSA) is 44.1 Å². The Hall–Kier alpha value is -1.67. The molecule has 0 bridgehead atoms. The summed E-state index contributed by atoms with van der Waals surface area (Å²) < 4.78 is 0. The normalized spacial score (nSPS) is 21.7. The SMILES string of the molecule is N=C1C=CC=CC1C(O)c1ccccc1. The summed E-state index contributed by atoms with van der Waals surface area (Å²) in [5.41, 5.74) is 1.31. The monoisotopic (exact) mass is 199 g/mol. The number of aliphatic hydroxyl groups excluding tert-OH is 1. The third kappa shape index (κ3) is 2.05. The third-order valence-electron chi connectivity index (χ3n) is 2.55. The van der Waals surface area contributed by atoms with Crippen molar-refractivity contribution in [2.24, 2.45) is 5.92 Å². The van der Waals surface area contributed by atoms with Gasteiger partial charge in [-0.15, -0.1) is 0 Å². The summed E-state index contributed by atoms with van der Waals surface area (Å²) >= 11 is 0. The Balaban J connectivity index is 2.22. The van der Waals surface area contributed by atoms with E-state index in [4.69, 9.17) is 5.41 Å². The maximum absolute atomic E-state index is 10.1. The van der Waals surface area contributed by atoms with Crippen LogP contribution in [0.2, 0.25) is 0 Å². The van der Waals surface area contributed by atoms with E-state index in [9.17, 15) is 5.11 Å². The molecule has 0 fully saturated rings. The Kier molecular flexibility index (Phi) is 2.79. The fourth-order valence-electron chi connectivity index (χ4n) is 1.69. The first-order valence-corrected chi connectivity index (χ1v) is 4.95. The minimum Gasteiger partial charge on any atom is -0.387 e. The molecule has 2 heteroatoms. The van der Waals surface area contributed by atoms with Crippen LogP contribution in [0.3, 0.4) is 0 Å². The van der Waals surface area contributed by atoms with Gasteiger partial charge in [-0.2, -0.15) is 0 Å². The molecule has 15 heavy (non-hydrogen) atoms. The van der Waals surface area contributed by atoms with Crippen molar-refractivity contribution < 1.29 is 5.11 Å². The summed E-state index contributed by atoms with van der Waals surface area (Å²) in [6.45, 7) is 0. The molecule has 2 unspecified atom stereocenters. The standard InChI is InChI=1S/C13H13NO/c14-12-9-5-4-8-11(12)13(15)10-6-2-1-3-7-10/h1-9,11,13-15H. The average Bonchev–Trinajstić information content (AvgIpc) is 2.30. The zero-order valence-electron chi connectivity index (χ0n) is 8.30. The summed E-state index contributed by atoms with van der Waals surface area (Å²) in [5.74, 6) is -0.225. The van der Waals surface area contributed by atoms with Gasteiger partial charge in [0.1, 0.15) is 0 Å². The maximum atomic E-state index is 10.1. The summed E-state index contributed by atoms with van der Waals surface area (Å²) in [6, 6.07) is 9.46. The first kappa shape index (κ1) is 9.87. The molecule has 0 aliphatic heterocycles.